The number of thioether (sulfide) groups is 1. The van der Waals surface area contributed by atoms with E-state index < -0.39 is 29.4 Å². The summed E-state index contributed by atoms with van der Waals surface area (Å²) < 4.78 is 63.1. The predicted molar refractivity (Wildman–Crippen MR) is 118 cm³/mol. The molecule has 0 fully saturated rings. The van der Waals surface area contributed by atoms with Gasteiger partial charge in [-0.2, -0.15) is 24.9 Å². The molecule has 0 saturated heterocycles. The Morgan fingerprint density at radius 2 is 2.03 bits per heavy atom. The molecule has 2 N–H and O–H groups in total. The zero-order valence-electron chi connectivity index (χ0n) is 17.6. The van der Waals surface area contributed by atoms with Crippen LogP contribution in [0.3, 0.4) is 0 Å². The number of halogens is 4. The number of ether oxygens (including phenoxy) is 1. The lowest BCUT2D eigenvalue weighted by Crippen LogP contribution is -2.56. The number of methoxy groups -OCH3 is 1. The van der Waals surface area contributed by atoms with Crippen molar-refractivity contribution in [3.05, 3.63) is 77.4 Å². The highest BCUT2D eigenvalue weighted by atomic mass is 32.2. The zero-order chi connectivity index (χ0) is 23.4. The van der Waals surface area contributed by atoms with Gasteiger partial charge in [-0.1, -0.05) is 31.2 Å². The molecule has 9 heteroatoms. The number of nitrogens with zero attached hydrogens (tertiary/aromatic N) is 1. The molecular formula is C23H24F4N2O2S. The standard InChI is InChI=1S/C23H24F4N2O2S/c1-3-32-14-22(30,23(25,26)27)21(16-8-6-12-19(31-2)20(16)24)29-18-11-5-4-10-17-15(18)9-7-13-28-17/h4-9,11-13,21,29-30H,3,10,14H2,1-2H3. The molecule has 1 aliphatic carbocycles. The van der Waals surface area contributed by atoms with Gasteiger partial charge in [-0.05, 0) is 30.0 Å². The number of nitrogens with one attached hydrogen (secondary N) is 1. The molecule has 0 radical (unpaired) electrons. The highest BCUT2D eigenvalue weighted by molar-refractivity contribution is 7.99. The van der Waals surface area contributed by atoms with Crippen LogP contribution in [0.1, 0.15) is 29.8 Å². The van der Waals surface area contributed by atoms with E-state index in [0.717, 1.165) is 11.8 Å². The first-order chi connectivity index (χ1) is 15.2. The van der Waals surface area contributed by atoms with Crippen LogP contribution in [0.2, 0.25) is 0 Å². The number of hydrogen-bond donors (Lipinski definition) is 2. The SMILES string of the molecule is CCSCC(O)(C(NC1=CC=CCc2ncccc21)c1cccc(OC)c1F)C(F)(F)F. The van der Waals surface area contributed by atoms with Gasteiger partial charge in [0.25, 0.3) is 0 Å². The summed E-state index contributed by atoms with van der Waals surface area (Å²) in [5.41, 5.74) is -2.07. The van der Waals surface area contributed by atoms with Crippen molar-refractivity contribution < 1.29 is 27.4 Å². The maximum atomic E-state index is 15.2. The molecular weight excluding hydrogens is 444 g/mol. The number of fused-ring (bicyclic) bond motifs is 1. The van der Waals surface area contributed by atoms with Crippen LogP contribution in [0.15, 0.2) is 54.8 Å². The van der Waals surface area contributed by atoms with Crippen molar-refractivity contribution in [2.24, 2.45) is 0 Å². The predicted octanol–water partition coefficient (Wildman–Crippen LogP) is 5.06. The Hall–Kier alpha value is -2.52. The average molecular weight is 469 g/mol. The number of benzene rings is 1. The molecule has 0 spiro atoms. The Bertz CT molecular complexity index is 1010. The fourth-order valence-corrected chi connectivity index (χ4v) is 4.36. The van der Waals surface area contributed by atoms with Crippen LogP contribution in [-0.2, 0) is 6.42 Å². The van der Waals surface area contributed by atoms with Crippen LogP contribution >= 0.6 is 11.8 Å². The summed E-state index contributed by atoms with van der Waals surface area (Å²) in [5.74, 6) is -1.50. The third kappa shape index (κ3) is 4.78. The van der Waals surface area contributed by atoms with Crippen molar-refractivity contribution in [1.82, 2.24) is 10.3 Å². The van der Waals surface area contributed by atoms with E-state index in [-0.39, 0.29) is 11.3 Å². The van der Waals surface area contributed by atoms with Gasteiger partial charge in [-0.3, -0.25) is 4.98 Å². The van der Waals surface area contributed by atoms with Gasteiger partial charge in [0, 0.05) is 35.2 Å². The van der Waals surface area contributed by atoms with Crippen molar-refractivity contribution in [2.45, 2.75) is 31.2 Å². The molecule has 1 aromatic heterocycles. The quantitative estimate of drug-likeness (QED) is 0.531. The second kappa shape index (κ2) is 9.95. The first-order valence-electron chi connectivity index (χ1n) is 9.99. The maximum Gasteiger partial charge on any atom is 0.420 e. The third-order valence-electron chi connectivity index (χ3n) is 5.21. The number of hydrogen-bond acceptors (Lipinski definition) is 5. The zero-order valence-corrected chi connectivity index (χ0v) is 18.4. The van der Waals surface area contributed by atoms with Crippen LogP contribution in [0.5, 0.6) is 5.75 Å². The fourth-order valence-electron chi connectivity index (χ4n) is 3.51. The molecule has 2 atom stereocenters. The van der Waals surface area contributed by atoms with E-state index in [1.54, 1.807) is 37.4 Å². The van der Waals surface area contributed by atoms with E-state index >= 15 is 4.39 Å². The van der Waals surface area contributed by atoms with Gasteiger partial charge < -0.3 is 15.2 Å². The molecule has 1 heterocycles. The van der Waals surface area contributed by atoms with Gasteiger partial charge in [-0.15, -0.1) is 0 Å². The highest BCUT2D eigenvalue weighted by Gasteiger charge is 2.59. The summed E-state index contributed by atoms with van der Waals surface area (Å²) >= 11 is 0.923. The molecule has 3 rings (SSSR count). The summed E-state index contributed by atoms with van der Waals surface area (Å²) in [6, 6.07) is 5.48. The molecule has 2 unspecified atom stereocenters. The second-order valence-electron chi connectivity index (χ2n) is 7.21. The Morgan fingerprint density at radius 3 is 2.72 bits per heavy atom. The van der Waals surface area contributed by atoms with Crippen molar-refractivity contribution in [2.75, 3.05) is 18.6 Å². The first kappa shape index (κ1) is 24.1. The summed E-state index contributed by atoms with van der Waals surface area (Å²) in [5, 5.41) is 13.9. The largest absolute Gasteiger partial charge is 0.494 e. The number of aromatic nitrogens is 1. The van der Waals surface area contributed by atoms with Crippen molar-refractivity contribution >= 4 is 17.5 Å². The topological polar surface area (TPSA) is 54.4 Å². The van der Waals surface area contributed by atoms with E-state index in [4.69, 9.17) is 4.74 Å². The summed E-state index contributed by atoms with van der Waals surface area (Å²) in [4.78, 5) is 4.30. The lowest BCUT2D eigenvalue weighted by atomic mass is 9.88. The fraction of sp³-hybridized carbons (Fsp3) is 0.348. The Morgan fingerprint density at radius 1 is 1.25 bits per heavy atom. The van der Waals surface area contributed by atoms with E-state index in [0.29, 0.717) is 29.1 Å². The van der Waals surface area contributed by atoms with Gasteiger partial charge in [0.15, 0.2) is 17.2 Å². The van der Waals surface area contributed by atoms with Gasteiger partial charge >= 0.3 is 6.18 Å². The molecule has 1 aliphatic rings. The summed E-state index contributed by atoms with van der Waals surface area (Å²) in [6.45, 7) is 1.69. The Labute approximate surface area is 188 Å². The molecule has 0 saturated carbocycles. The van der Waals surface area contributed by atoms with Gasteiger partial charge in [-0.25, -0.2) is 4.39 Å². The van der Waals surface area contributed by atoms with Crippen LogP contribution in [-0.4, -0.2) is 40.5 Å². The highest BCUT2D eigenvalue weighted by Crippen LogP contribution is 2.45. The number of aliphatic hydroxyl groups is 1. The van der Waals surface area contributed by atoms with E-state index in [9.17, 15) is 18.3 Å². The molecule has 32 heavy (non-hydrogen) atoms. The van der Waals surface area contributed by atoms with E-state index in [2.05, 4.69) is 10.3 Å². The molecule has 1 aromatic carbocycles. The van der Waals surface area contributed by atoms with Gasteiger partial charge in [0.05, 0.1) is 18.8 Å². The van der Waals surface area contributed by atoms with Crippen LogP contribution in [0.4, 0.5) is 17.6 Å². The number of pyridine rings is 1. The Kier molecular flexibility index (Phi) is 7.51. The summed E-state index contributed by atoms with van der Waals surface area (Å²) in [7, 11) is 1.23. The molecule has 0 amide bonds. The third-order valence-corrected chi connectivity index (χ3v) is 6.26. The second-order valence-corrected chi connectivity index (χ2v) is 8.48. The smallest absolute Gasteiger partial charge is 0.420 e. The molecule has 172 valence electrons. The minimum atomic E-state index is -5.04. The lowest BCUT2D eigenvalue weighted by molar-refractivity contribution is -0.261. The van der Waals surface area contributed by atoms with Gasteiger partial charge in [0.1, 0.15) is 0 Å². The van der Waals surface area contributed by atoms with Crippen LogP contribution < -0.4 is 10.1 Å². The molecule has 0 bridgehead atoms. The first-order valence-corrected chi connectivity index (χ1v) is 11.1. The Balaban J connectivity index is 2.18. The van der Waals surface area contributed by atoms with Crippen LogP contribution in [0.25, 0.3) is 5.70 Å². The number of allylic oxidation sites excluding steroid dienone is 3. The minimum absolute atomic E-state index is 0.209. The van der Waals surface area contributed by atoms with Gasteiger partial charge in [0.2, 0.25) is 0 Å². The van der Waals surface area contributed by atoms with Crippen molar-refractivity contribution in [3.8, 4) is 5.75 Å². The molecule has 4 nitrogen and oxygen atoms in total. The van der Waals surface area contributed by atoms with E-state index in [1.807, 2.05) is 6.08 Å². The van der Waals surface area contributed by atoms with E-state index in [1.165, 1.54) is 25.3 Å². The molecule has 2 aromatic rings. The normalized spacial score (nSPS) is 16.4. The average Bonchev–Trinajstić information content (AvgIpc) is 2.97. The van der Waals surface area contributed by atoms with Crippen LogP contribution in [0, 0.1) is 5.82 Å². The number of alkyl halides is 3. The number of rotatable bonds is 8. The lowest BCUT2D eigenvalue weighted by Gasteiger charge is -2.39. The van der Waals surface area contributed by atoms with Crippen molar-refractivity contribution in [3.63, 3.8) is 0 Å². The minimum Gasteiger partial charge on any atom is -0.494 e. The maximum absolute atomic E-state index is 15.2. The molecule has 0 aliphatic heterocycles. The monoisotopic (exact) mass is 468 g/mol. The summed E-state index contributed by atoms with van der Waals surface area (Å²) in [6.07, 6.45) is 2.16. The van der Waals surface area contributed by atoms with Crippen molar-refractivity contribution in [1.29, 1.82) is 0 Å².